The molecule has 3 fully saturated rings. The number of carbonyl (C=O) groups is 1. The number of hydrogen-bond acceptors (Lipinski definition) is 2. The highest BCUT2D eigenvalue weighted by molar-refractivity contribution is 5.79. The van der Waals surface area contributed by atoms with Gasteiger partial charge in [0.25, 0.3) is 0 Å². The maximum atomic E-state index is 11.8. The van der Waals surface area contributed by atoms with E-state index in [1.165, 1.54) is 32.1 Å². The largest absolute Gasteiger partial charge is 0.480 e. The van der Waals surface area contributed by atoms with Gasteiger partial charge in [-0.05, 0) is 49.9 Å². The Morgan fingerprint density at radius 3 is 2.16 bits per heavy atom. The molecule has 0 radical (unpaired) electrons. The first-order valence-corrected chi connectivity index (χ1v) is 8.05. The molecule has 3 aliphatic rings. The number of carboxylic acids is 1. The minimum absolute atomic E-state index is 0.490. The van der Waals surface area contributed by atoms with Crippen molar-refractivity contribution in [3.05, 3.63) is 0 Å². The Kier molecular flexibility index (Phi) is 3.36. The van der Waals surface area contributed by atoms with Gasteiger partial charge in [0.1, 0.15) is 5.54 Å². The van der Waals surface area contributed by atoms with Crippen molar-refractivity contribution in [1.29, 1.82) is 0 Å². The van der Waals surface area contributed by atoms with Crippen molar-refractivity contribution in [2.75, 3.05) is 13.1 Å². The molecule has 19 heavy (non-hydrogen) atoms. The molecule has 0 atom stereocenters. The molecule has 1 aliphatic heterocycles. The van der Waals surface area contributed by atoms with Crippen LogP contribution < -0.4 is 0 Å². The van der Waals surface area contributed by atoms with E-state index in [0.717, 1.165) is 38.8 Å². The molecule has 1 heterocycles. The third-order valence-electron chi connectivity index (χ3n) is 6.07. The predicted molar refractivity (Wildman–Crippen MR) is 75.1 cm³/mol. The minimum Gasteiger partial charge on any atom is -0.480 e. The lowest BCUT2D eigenvalue weighted by Crippen LogP contribution is -2.69. The molecule has 0 aromatic carbocycles. The Hall–Kier alpha value is -0.570. The number of likely N-dealkylation sites (tertiary alicyclic amines) is 1. The van der Waals surface area contributed by atoms with Gasteiger partial charge >= 0.3 is 5.97 Å². The Bertz CT molecular complexity index is 344. The van der Waals surface area contributed by atoms with Crippen molar-refractivity contribution >= 4 is 5.97 Å². The van der Waals surface area contributed by atoms with E-state index in [2.05, 4.69) is 11.8 Å². The van der Waals surface area contributed by atoms with Crippen LogP contribution in [0.25, 0.3) is 0 Å². The Morgan fingerprint density at radius 2 is 1.63 bits per heavy atom. The molecule has 0 aromatic heterocycles. The van der Waals surface area contributed by atoms with E-state index in [-0.39, 0.29) is 0 Å². The molecule has 3 nitrogen and oxygen atoms in total. The lowest BCUT2D eigenvalue weighted by Gasteiger charge is -2.59. The van der Waals surface area contributed by atoms with E-state index >= 15 is 0 Å². The molecule has 2 saturated carbocycles. The van der Waals surface area contributed by atoms with Crippen LogP contribution in [0.4, 0.5) is 0 Å². The topological polar surface area (TPSA) is 40.5 Å². The number of carboxylic acid groups (broad SMARTS) is 1. The molecule has 3 rings (SSSR count). The van der Waals surface area contributed by atoms with Crippen molar-refractivity contribution in [2.45, 2.75) is 70.3 Å². The highest BCUT2D eigenvalue weighted by Gasteiger charge is 2.55. The van der Waals surface area contributed by atoms with Crippen LogP contribution in [-0.4, -0.2) is 34.6 Å². The Labute approximate surface area is 116 Å². The standard InChI is InChI=1S/C16H27NO2/c1-13-5-9-16(10-6-13,14(18)19)17-11-15(12-17)7-3-2-4-8-15/h13H,2-12H2,1H3,(H,18,19). The summed E-state index contributed by atoms with van der Waals surface area (Å²) in [7, 11) is 0. The summed E-state index contributed by atoms with van der Waals surface area (Å²) in [6.07, 6.45) is 10.6. The molecule has 0 unspecified atom stereocenters. The van der Waals surface area contributed by atoms with E-state index in [1.54, 1.807) is 0 Å². The van der Waals surface area contributed by atoms with Gasteiger partial charge in [-0.15, -0.1) is 0 Å². The normalized spacial score (nSPS) is 38.9. The van der Waals surface area contributed by atoms with E-state index in [9.17, 15) is 9.90 Å². The van der Waals surface area contributed by atoms with Gasteiger partial charge in [0, 0.05) is 13.1 Å². The molecule has 0 bridgehead atoms. The first-order chi connectivity index (χ1) is 9.06. The second-order valence-corrected chi connectivity index (χ2v) is 7.44. The lowest BCUT2D eigenvalue weighted by molar-refractivity contribution is -0.171. The monoisotopic (exact) mass is 265 g/mol. The fraction of sp³-hybridized carbons (Fsp3) is 0.938. The van der Waals surface area contributed by atoms with Crippen LogP contribution in [0.15, 0.2) is 0 Å². The quantitative estimate of drug-likeness (QED) is 0.833. The van der Waals surface area contributed by atoms with Gasteiger partial charge in [0.05, 0.1) is 0 Å². The molecule has 0 amide bonds. The maximum Gasteiger partial charge on any atom is 0.324 e. The van der Waals surface area contributed by atoms with Crippen LogP contribution >= 0.6 is 0 Å². The Balaban J connectivity index is 1.68. The molecule has 1 spiro atoms. The van der Waals surface area contributed by atoms with E-state index in [1.807, 2.05) is 0 Å². The molecule has 108 valence electrons. The van der Waals surface area contributed by atoms with E-state index in [4.69, 9.17) is 0 Å². The van der Waals surface area contributed by atoms with Gasteiger partial charge in [-0.3, -0.25) is 9.69 Å². The Morgan fingerprint density at radius 1 is 1.05 bits per heavy atom. The van der Waals surface area contributed by atoms with Crippen molar-refractivity contribution < 1.29 is 9.90 Å². The summed E-state index contributed by atoms with van der Waals surface area (Å²) in [6, 6.07) is 0. The molecule has 3 heteroatoms. The first kappa shape index (κ1) is 13.4. The smallest absolute Gasteiger partial charge is 0.324 e. The van der Waals surface area contributed by atoms with Crippen molar-refractivity contribution in [3.8, 4) is 0 Å². The SMILES string of the molecule is CC1CCC(C(=O)O)(N2CC3(CCCCC3)C2)CC1. The number of aliphatic carboxylic acids is 1. The highest BCUT2D eigenvalue weighted by Crippen LogP contribution is 2.49. The summed E-state index contributed by atoms with van der Waals surface area (Å²) in [5.74, 6) is 0.141. The molecule has 0 aromatic rings. The third-order valence-corrected chi connectivity index (χ3v) is 6.07. The second kappa shape index (κ2) is 4.76. The molecular weight excluding hydrogens is 238 g/mol. The molecule has 1 N–H and O–H groups in total. The van der Waals surface area contributed by atoms with Gasteiger partial charge in [0.15, 0.2) is 0 Å². The fourth-order valence-electron chi connectivity index (χ4n) is 4.59. The van der Waals surface area contributed by atoms with Crippen LogP contribution in [-0.2, 0) is 4.79 Å². The second-order valence-electron chi connectivity index (χ2n) is 7.44. The predicted octanol–water partition coefficient (Wildman–Crippen LogP) is 3.29. The lowest BCUT2D eigenvalue weighted by atomic mass is 9.64. The van der Waals surface area contributed by atoms with Crippen molar-refractivity contribution in [3.63, 3.8) is 0 Å². The van der Waals surface area contributed by atoms with Gasteiger partial charge in [-0.25, -0.2) is 0 Å². The van der Waals surface area contributed by atoms with E-state index in [0.29, 0.717) is 11.3 Å². The summed E-state index contributed by atoms with van der Waals surface area (Å²) in [4.78, 5) is 14.2. The first-order valence-electron chi connectivity index (χ1n) is 8.05. The zero-order valence-corrected chi connectivity index (χ0v) is 12.2. The highest BCUT2D eigenvalue weighted by atomic mass is 16.4. The van der Waals surface area contributed by atoms with Gasteiger partial charge in [-0.2, -0.15) is 0 Å². The number of rotatable bonds is 2. The fourth-order valence-corrected chi connectivity index (χ4v) is 4.59. The summed E-state index contributed by atoms with van der Waals surface area (Å²) in [5, 5.41) is 9.76. The summed E-state index contributed by atoms with van der Waals surface area (Å²) in [6.45, 7) is 4.35. The average Bonchev–Trinajstić information content (AvgIpc) is 2.38. The van der Waals surface area contributed by atoms with Gasteiger partial charge in [0.2, 0.25) is 0 Å². The minimum atomic E-state index is -0.565. The van der Waals surface area contributed by atoms with Crippen molar-refractivity contribution in [1.82, 2.24) is 4.90 Å². The average molecular weight is 265 g/mol. The van der Waals surface area contributed by atoms with Crippen LogP contribution in [0, 0.1) is 11.3 Å². The summed E-state index contributed by atoms with van der Waals surface area (Å²) in [5.41, 5.74) is -0.0288. The molecule has 1 saturated heterocycles. The summed E-state index contributed by atoms with van der Waals surface area (Å²) >= 11 is 0. The van der Waals surface area contributed by atoms with Crippen LogP contribution in [0.3, 0.4) is 0 Å². The zero-order valence-electron chi connectivity index (χ0n) is 12.2. The summed E-state index contributed by atoms with van der Waals surface area (Å²) < 4.78 is 0. The van der Waals surface area contributed by atoms with Crippen LogP contribution in [0.5, 0.6) is 0 Å². The zero-order chi connectivity index (χ0) is 13.5. The van der Waals surface area contributed by atoms with Gasteiger partial charge in [-0.1, -0.05) is 26.2 Å². The van der Waals surface area contributed by atoms with Crippen molar-refractivity contribution in [2.24, 2.45) is 11.3 Å². The maximum absolute atomic E-state index is 11.8. The number of nitrogens with zero attached hydrogens (tertiary/aromatic N) is 1. The van der Waals surface area contributed by atoms with Crippen LogP contribution in [0.1, 0.15) is 64.7 Å². The third kappa shape index (κ3) is 2.20. The van der Waals surface area contributed by atoms with Gasteiger partial charge < -0.3 is 5.11 Å². The molecular formula is C16H27NO2. The number of hydrogen-bond donors (Lipinski definition) is 1. The molecule has 2 aliphatic carbocycles. The van der Waals surface area contributed by atoms with E-state index < -0.39 is 11.5 Å². The van der Waals surface area contributed by atoms with Crippen LogP contribution in [0.2, 0.25) is 0 Å².